The van der Waals surface area contributed by atoms with E-state index in [9.17, 15) is 0 Å². The van der Waals surface area contributed by atoms with Gasteiger partial charge in [-0.1, -0.05) is 0 Å². The quantitative estimate of drug-likeness (QED) is 0.113. The maximum atomic E-state index is 2.68. The van der Waals surface area contributed by atoms with Crippen molar-refractivity contribution in [3.05, 3.63) is 66.7 Å². The summed E-state index contributed by atoms with van der Waals surface area (Å²) in [7, 11) is 0. The molecule has 0 fully saturated rings. The average Bonchev–Trinajstić information content (AvgIpc) is 2.52. The van der Waals surface area contributed by atoms with Gasteiger partial charge in [-0.05, 0) is 0 Å². The van der Waals surface area contributed by atoms with Gasteiger partial charge in [-0.15, -0.1) is 0 Å². The first kappa shape index (κ1) is 14.5. The Balaban J connectivity index is 2.24. The number of hydrogen-bond acceptors (Lipinski definition) is 0. The molecule has 0 aliphatic rings. The summed E-state index contributed by atoms with van der Waals surface area (Å²) in [5.41, 5.74) is 0. The van der Waals surface area contributed by atoms with Crippen LogP contribution in [-0.2, 0) is 0 Å². The summed E-state index contributed by atoms with van der Waals surface area (Å²) in [6.07, 6.45) is 0. The van der Waals surface area contributed by atoms with Gasteiger partial charge in [-0.3, -0.25) is 0 Å². The Kier molecular flexibility index (Phi) is 4.05. The molecule has 0 heterocycles. The molecule has 0 aliphatic heterocycles. The molecule has 0 amide bonds. The van der Waals surface area contributed by atoms with Gasteiger partial charge in [-0.2, -0.15) is 0 Å². The predicted octanol–water partition coefficient (Wildman–Crippen LogP) is 5.71. The zero-order chi connectivity index (χ0) is 14.4. The van der Waals surface area contributed by atoms with Crippen molar-refractivity contribution < 1.29 is 0 Å². The SMILES string of the molecule is [I][Sb]([I])[c]1cccc2ccc3cc4ccccc4cc3c12. The van der Waals surface area contributed by atoms with E-state index in [1.54, 1.807) is 3.51 Å². The second-order valence-corrected chi connectivity index (χ2v) is 33.1. The standard InChI is InChI=1S/C18H11.2HI.Sb/c1-2-7-15-12-18-16(11-14(15)6-1)10-9-13-5-3-4-8-17(13)18;;;/h1-7,9-12H;2*1H;/q;;;+2/p-2. The van der Waals surface area contributed by atoms with Crippen molar-refractivity contribution in [1.82, 2.24) is 0 Å². The van der Waals surface area contributed by atoms with Crippen LogP contribution < -0.4 is 3.51 Å². The summed E-state index contributed by atoms with van der Waals surface area (Å²) in [5, 5.41) is 8.26. The third-order valence-corrected chi connectivity index (χ3v) is 13.0. The summed E-state index contributed by atoms with van der Waals surface area (Å²) < 4.78 is 1.59. The molecule has 4 rings (SSSR count). The number of benzene rings is 4. The zero-order valence-corrected chi connectivity index (χ0v) is 17.9. The first-order valence-corrected chi connectivity index (χ1v) is 22.8. The molecule has 0 saturated heterocycles. The fourth-order valence-electron chi connectivity index (χ4n) is 2.92. The van der Waals surface area contributed by atoms with E-state index in [2.05, 4.69) is 104 Å². The topological polar surface area (TPSA) is 0 Å². The second-order valence-electron chi connectivity index (χ2n) is 5.09. The molecular formula is C18H11I2Sb. The van der Waals surface area contributed by atoms with E-state index in [0.717, 1.165) is 0 Å². The molecule has 0 N–H and O–H groups in total. The van der Waals surface area contributed by atoms with Gasteiger partial charge in [0, 0.05) is 0 Å². The molecule has 0 saturated carbocycles. The van der Waals surface area contributed by atoms with Gasteiger partial charge in [0.1, 0.15) is 0 Å². The Morgan fingerprint density at radius 2 is 1.29 bits per heavy atom. The van der Waals surface area contributed by atoms with Crippen molar-refractivity contribution in [2.45, 2.75) is 0 Å². The maximum absolute atomic E-state index is 2.68. The van der Waals surface area contributed by atoms with Crippen LogP contribution in [0.25, 0.3) is 32.3 Å². The Labute approximate surface area is 150 Å². The van der Waals surface area contributed by atoms with Crippen molar-refractivity contribution in [2.24, 2.45) is 0 Å². The summed E-state index contributed by atoms with van der Waals surface area (Å²) >= 11 is 4.00. The molecule has 0 nitrogen and oxygen atoms in total. The van der Waals surface area contributed by atoms with Gasteiger partial charge in [0.15, 0.2) is 0 Å². The van der Waals surface area contributed by atoms with Crippen LogP contribution in [0.1, 0.15) is 0 Å². The molecule has 4 aromatic rings. The van der Waals surface area contributed by atoms with Crippen LogP contribution >= 0.6 is 37.0 Å². The molecule has 21 heavy (non-hydrogen) atoms. The molecule has 0 aromatic heterocycles. The minimum absolute atomic E-state index is 1.32. The third-order valence-electron chi connectivity index (χ3n) is 3.89. The van der Waals surface area contributed by atoms with E-state index in [4.69, 9.17) is 0 Å². The number of rotatable bonds is 1. The molecule has 0 spiro atoms. The molecule has 0 bridgehead atoms. The summed E-state index contributed by atoms with van der Waals surface area (Å²) in [6, 6.07) is 24.6. The van der Waals surface area contributed by atoms with E-state index in [1.807, 2.05) is 0 Å². The number of halogens is 2. The third kappa shape index (κ3) is 2.57. The monoisotopic (exact) mass is 602 g/mol. The molecule has 0 unspecified atom stereocenters. The molecule has 3 heteroatoms. The number of fused-ring (bicyclic) bond motifs is 4. The summed E-state index contributed by atoms with van der Waals surface area (Å²) in [4.78, 5) is 0. The van der Waals surface area contributed by atoms with Crippen LogP contribution in [0.2, 0.25) is 0 Å². The van der Waals surface area contributed by atoms with E-state index >= 15 is 0 Å². The van der Waals surface area contributed by atoms with Crippen LogP contribution in [0.3, 0.4) is 0 Å². The fourth-order valence-corrected chi connectivity index (χ4v) is 10.1. The van der Waals surface area contributed by atoms with Gasteiger partial charge >= 0.3 is 152 Å². The summed E-state index contributed by atoms with van der Waals surface area (Å²) in [6.45, 7) is 0. The van der Waals surface area contributed by atoms with Crippen molar-refractivity contribution >= 4 is 85.0 Å². The Hall–Kier alpha value is -0.0618. The van der Waals surface area contributed by atoms with Crippen molar-refractivity contribution in [3.63, 3.8) is 0 Å². The minimum atomic E-state index is -1.35. The van der Waals surface area contributed by atoms with E-state index in [1.165, 1.54) is 32.3 Å². The van der Waals surface area contributed by atoms with Gasteiger partial charge < -0.3 is 0 Å². The fraction of sp³-hybridized carbons (Fsp3) is 0. The van der Waals surface area contributed by atoms with Crippen molar-refractivity contribution in [1.29, 1.82) is 0 Å². The average molecular weight is 603 g/mol. The van der Waals surface area contributed by atoms with E-state index in [-0.39, 0.29) is 0 Å². The van der Waals surface area contributed by atoms with Gasteiger partial charge in [0.05, 0.1) is 0 Å². The van der Waals surface area contributed by atoms with Gasteiger partial charge in [0.2, 0.25) is 0 Å². The molecule has 102 valence electrons. The first-order valence-electron chi connectivity index (χ1n) is 6.70. The molecular weight excluding hydrogens is 592 g/mol. The molecule has 0 aliphatic carbocycles. The van der Waals surface area contributed by atoms with E-state index in [0.29, 0.717) is 0 Å². The van der Waals surface area contributed by atoms with Crippen LogP contribution in [0, 0.1) is 0 Å². The zero-order valence-electron chi connectivity index (χ0n) is 11.1. The number of hydrogen-bond donors (Lipinski definition) is 0. The van der Waals surface area contributed by atoms with Crippen molar-refractivity contribution in [3.8, 4) is 0 Å². The van der Waals surface area contributed by atoms with Crippen LogP contribution in [-0.4, -0.2) is 12.2 Å². The molecule has 0 atom stereocenters. The first-order chi connectivity index (χ1) is 10.2. The van der Waals surface area contributed by atoms with Crippen LogP contribution in [0.4, 0.5) is 0 Å². The summed E-state index contributed by atoms with van der Waals surface area (Å²) in [5.74, 6) is 0. The predicted molar refractivity (Wildman–Crippen MR) is 112 cm³/mol. The van der Waals surface area contributed by atoms with E-state index < -0.39 is 12.2 Å². The Morgan fingerprint density at radius 1 is 0.619 bits per heavy atom. The van der Waals surface area contributed by atoms with Gasteiger partial charge in [-0.25, -0.2) is 0 Å². The van der Waals surface area contributed by atoms with Crippen LogP contribution in [0.15, 0.2) is 66.7 Å². The second kappa shape index (κ2) is 5.86. The van der Waals surface area contributed by atoms with Crippen LogP contribution in [0.5, 0.6) is 0 Å². The normalized spacial score (nSPS) is 11.8. The Bertz CT molecular complexity index is 976. The Morgan fingerprint density at radius 3 is 2.05 bits per heavy atom. The van der Waals surface area contributed by atoms with Gasteiger partial charge in [0.25, 0.3) is 0 Å². The molecule has 4 aromatic carbocycles. The van der Waals surface area contributed by atoms with Crippen molar-refractivity contribution in [2.75, 3.05) is 0 Å². The molecule has 0 radical (unpaired) electrons.